The quantitative estimate of drug-likeness (QED) is 0.262. The van der Waals surface area contributed by atoms with Gasteiger partial charge in [0.15, 0.2) is 0 Å². The maximum atomic E-state index is 14.1. The molecule has 0 saturated carbocycles. The Hall–Kier alpha value is -3.09. The molecule has 3 amide bonds. The number of halogens is 2. The summed E-state index contributed by atoms with van der Waals surface area (Å²) in [5.41, 5.74) is 10.2. The number of nitrogens with one attached hydrogen (secondary N) is 2. The third-order valence-corrected chi connectivity index (χ3v) is 12.1. The minimum absolute atomic E-state index is 0.0111. The summed E-state index contributed by atoms with van der Waals surface area (Å²) in [6.07, 6.45) is 6.15. The first-order chi connectivity index (χ1) is 23.1. The van der Waals surface area contributed by atoms with E-state index in [1.165, 1.54) is 12.8 Å². The molecule has 2 aromatic carbocycles. The number of nitrogens with two attached hydrogens (primary N) is 1. The van der Waals surface area contributed by atoms with Gasteiger partial charge in [0.2, 0.25) is 5.91 Å². The molecule has 4 N–H and O–H groups in total. The number of imidazole rings is 1. The second-order valence-electron chi connectivity index (χ2n) is 13.8. The highest BCUT2D eigenvalue weighted by Crippen LogP contribution is 2.34. The van der Waals surface area contributed by atoms with E-state index in [2.05, 4.69) is 54.1 Å². The zero-order valence-corrected chi connectivity index (χ0v) is 31.1. The molecule has 0 radical (unpaired) electrons. The SMILES string of the molecule is Cc1c(-c2ccccc2)[nH]c(=O)n1C1CCN(C(=O)N[C@H](Cc2cc(Br)c(N)c(Br)c2)C(=O)N2CCC(C3CCN(C)CC3)CC2)CC1. The lowest BCUT2D eigenvalue weighted by molar-refractivity contribution is -0.135. The van der Waals surface area contributed by atoms with Crippen LogP contribution in [0.2, 0.25) is 0 Å². The number of aromatic nitrogens is 2. The molecular formula is C36H47Br2N7O3. The van der Waals surface area contributed by atoms with Crippen LogP contribution in [-0.4, -0.2) is 88.5 Å². The summed E-state index contributed by atoms with van der Waals surface area (Å²) >= 11 is 7.07. The number of urea groups is 1. The third kappa shape index (κ3) is 7.70. The molecule has 0 spiro atoms. The first-order valence-electron chi connectivity index (χ1n) is 17.2. The number of carbonyl (C=O) groups is 2. The van der Waals surface area contributed by atoms with E-state index in [9.17, 15) is 14.4 Å². The fraction of sp³-hybridized carbons (Fsp3) is 0.528. The Morgan fingerprint density at radius 3 is 2.06 bits per heavy atom. The van der Waals surface area contributed by atoms with Gasteiger partial charge in [-0.25, -0.2) is 9.59 Å². The zero-order chi connectivity index (χ0) is 33.9. The Morgan fingerprint density at radius 1 is 0.896 bits per heavy atom. The summed E-state index contributed by atoms with van der Waals surface area (Å²) in [4.78, 5) is 50.1. The number of piperidine rings is 3. The van der Waals surface area contributed by atoms with Crippen LogP contribution in [0.25, 0.3) is 11.3 Å². The van der Waals surface area contributed by atoms with Gasteiger partial charge >= 0.3 is 11.7 Å². The lowest BCUT2D eigenvalue weighted by atomic mass is 9.79. The van der Waals surface area contributed by atoms with E-state index in [0.717, 1.165) is 76.4 Å². The van der Waals surface area contributed by atoms with Crippen LogP contribution in [0, 0.1) is 18.8 Å². The standard InChI is InChI=1S/C36H47Br2N7O3/c1-23-33(27-6-4-3-5-7-27)41-36(48)45(23)28-12-18-44(19-13-28)35(47)40-31(22-24-20-29(37)32(39)30(38)21-24)34(46)43-16-10-26(11-17-43)25-8-14-42(2)15-9-25/h3-7,20-21,25-26,28,31H,8-19,22,39H2,1-2H3,(H,40,47)(H,41,48)/t31-/m1/s1. The van der Waals surface area contributed by atoms with Crippen LogP contribution >= 0.6 is 31.9 Å². The van der Waals surface area contributed by atoms with Crippen LogP contribution in [0.5, 0.6) is 0 Å². The third-order valence-electron chi connectivity index (χ3n) is 10.8. The van der Waals surface area contributed by atoms with Crippen LogP contribution in [0.1, 0.15) is 55.8 Å². The second kappa shape index (κ2) is 15.2. The van der Waals surface area contributed by atoms with E-state index < -0.39 is 6.04 Å². The molecular weight excluding hydrogens is 738 g/mol. The molecule has 0 aliphatic carbocycles. The highest BCUT2D eigenvalue weighted by atomic mass is 79.9. The normalized spacial score (nSPS) is 19.4. The molecule has 3 saturated heterocycles. The maximum absolute atomic E-state index is 14.1. The number of carbonyl (C=O) groups excluding carboxylic acids is 2. The van der Waals surface area contributed by atoms with E-state index in [-0.39, 0.29) is 23.7 Å². The van der Waals surface area contributed by atoms with Gasteiger partial charge in [0.05, 0.1) is 11.4 Å². The fourth-order valence-electron chi connectivity index (χ4n) is 7.93. The van der Waals surface area contributed by atoms with Crippen molar-refractivity contribution in [2.45, 2.75) is 64.0 Å². The summed E-state index contributed by atoms with van der Waals surface area (Å²) in [6, 6.07) is 12.7. The van der Waals surface area contributed by atoms with Crippen molar-refractivity contribution in [3.63, 3.8) is 0 Å². The van der Waals surface area contributed by atoms with Gasteiger partial charge < -0.3 is 30.7 Å². The average molecular weight is 786 g/mol. The van der Waals surface area contributed by atoms with Crippen molar-refractivity contribution in [2.24, 2.45) is 11.8 Å². The van der Waals surface area contributed by atoms with Crippen LogP contribution in [0.4, 0.5) is 10.5 Å². The Kier molecular flexibility index (Phi) is 11.0. The molecule has 258 valence electrons. The number of aromatic amines is 1. The molecule has 0 unspecified atom stereocenters. The first kappa shape index (κ1) is 34.8. The van der Waals surface area contributed by atoms with Gasteiger partial charge in [-0.15, -0.1) is 0 Å². The number of nitrogens with zero attached hydrogens (tertiary/aromatic N) is 4. The number of H-pyrrole nitrogens is 1. The number of hydrogen-bond acceptors (Lipinski definition) is 5. The largest absolute Gasteiger partial charge is 0.397 e. The first-order valence-corrected chi connectivity index (χ1v) is 18.8. The van der Waals surface area contributed by atoms with Gasteiger partial charge in [0, 0.05) is 53.3 Å². The summed E-state index contributed by atoms with van der Waals surface area (Å²) in [7, 11) is 2.19. The fourth-order valence-corrected chi connectivity index (χ4v) is 9.21. The van der Waals surface area contributed by atoms with E-state index in [1.807, 2.05) is 58.9 Å². The predicted octanol–water partition coefficient (Wildman–Crippen LogP) is 5.80. The maximum Gasteiger partial charge on any atom is 0.326 e. The molecule has 3 aliphatic heterocycles. The molecule has 4 heterocycles. The number of benzene rings is 2. The lowest BCUT2D eigenvalue weighted by Gasteiger charge is -2.40. The van der Waals surface area contributed by atoms with Crippen molar-refractivity contribution in [2.75, 3.05) is 52.0 Å². The number of likely N-dealkylation sites (tertiary alicyclic amines) is 3. The summed E-state index contributed by atoms with van der Waals surface area (Å²) in [5, 5.41) is 3.12. The average Bonchev–Trinajstić information content (AvgIpc) is 3.40. The molecule has 48 heavy (non-hydrogen) atoms. The number of rotatable bonds is 7. The molecule has 1 atom stereocenters. The van der Waals surface area contributed by atoms with Crippen molar-refractivity contribution in [3.8, 4) is 11.3 Å². The van der Waals surface area contributed by atoms with Crippen molar-refractivity contribution in [1.82, 2.24) is 29.6 Å². The lowest BCUT2D eigenvalue weighted by Crippen LogP contribution is -2.55. The van der Waals surface area contributed by atoms with Crippen molar-refractivity contribution in [1.29, 1.82) is 0 Å². The van der Waals surface area contributed by atoms with E-state index in [1.54, 1.807) is 4.90 Å². The van der Waals surface area contributed by atoms with E-state index in [0.29, 0.717) is 44.0 Å². The molecule has 3 fully saturated rings. The van der Waals surface area contributed by atoms with E-state index in [4.69, 9.17) is 5.73 Å². The molecule has 6 rings (SSSR count). The van der Waals surface area contributed by atoms with Crippen LogP contribution in [0.3, 0.4) is 0 Å². The van der Waals surface area contributed by atoms with Crippen LogP contribution in [0.15, 0.2) is 56.2 Å². The number of anilines is 1. The number of nitrogen functional groups attached to an aromatic ring is 1. The number of hydrogen-bond donors (Lipinski definition) is 3. The van der Waals surface area contributed by atoms with Crippen molar-refractivity contribution in [3.05, 3.63) is 73.2 Å². The predicted molar refractivity (Wildman–Crippen MR) is 197 cm³/mol. The summed E-state index contributed by atoms with van der Waals surface area (Å²) in [6.45, 7) is 6.71. The zero-order valence-electron chi connectivity index (χ0n) is 27.9. The molecule has 12 heteroatoms. The van der Waals surface area contributed by atoms with Crippen molar-refractivity contribution >= 4 is 49.5 Å². The van der Waals surface area contributed by atoms with Gasteiger partial charge in [-0.05, 0) is 133 Å². The Labute approximate surface area is 299 Å². The minimum atomic E-state index is -0.708. The molecule has 1 aromatic heterocycles. The Bertz CT molecular complexity index is 1630. The highest BCUT2D eigenvalue weighted by Gasteiger charge is 2.35. The molecule has 3 aliphatic rings. The summed E-state index contributed by atoms with van der Waals surface area (Å²) < 4.78 is 3.34. The number of amides is 3. The Morgan fingerprint density at radius 2 is 1.46 bits per heavy atom. The van der Waals surface area contributed by atoms with Gasteiger partial charge in [0.1, 0.15) is 6.04 Å². The van der Waals surface area contributed by atoms with Crippen LogP contribution < -0.4 is 16.7 Å². The second-order valence-corrected chi connectivity index (χ2v) is 15.5. The van der Waals surface area contributed by atoms with Gasteiger partial charge in [-0.2, -0.15) is 0 Å². The van der Waals surface area contributed by atoms with Gasteiger partial charge in [0.25, 0.3) is 0 Å². The van der Waals surface area contributed by atoms with E-state index >= 15 is 0 Å². The highest BCUT2D eigenvalue weighted by molar-refractivity contribution is 9.11. The molecule has 0 bridgehead atoms. The van der Waals surface area contributed by atoms with Gasteiger partial charge in [-0.1, -0.05) is 30.3 Å². The molecule has 3 aromatic rings. The van der Waals surface area contributed by atoms with Crippen molar-refractivity contribution < 1.29 is 9.59 Å². The van der Waals surface area contributed by atoms with Crippen LogP contribution in [-0.2, 0) is 11.2 Å². The minimum Gasteiger partial charge on any atom is -0.397 e. The molecule has 10 nitrogen and oxygen atoms in total. The topological polar surface area (TPSA) is 120 Å². The van der Waals surface area contributed by atoms with Gasteiger partial charge in [-0.3, -0.25) is 9.36 Å². The Balaban J connectivity index is 1.12. The summed E-state index contributed by atoms with van der Waals surface area (Å²) in [5.74, 6) is 1.35. The smallest absolute Gasteiger partial charge is 0.326 e. The monoisotopic (exact) mass is 783 g/mol.